The molecule has 13 rings (SSSR count). The first-order valence-electron chi connectivity index (χ1n) is 22.3. The Labute approximate surface area is 370 Å². The molecular weight excluding hydrogens is 785 g/mol. The summed E-state index contributed by atoms with van der Waals surface area (Å²) in [5.74, 6) is 1.37. The zero-order valence-electron chi connectivity index (χ0n) is 35.3. The molecule has 7 aromatic carbocycles. The maximum atomic E-state index is 5.71. The van der Waals surface area contributed by atoms with Gasteiger partial charge in [0.15, 0.2) is 0 Å². The van der Waals surface area contributed by atoms with E-state index < -0.39 is 0 Å². The SMILES string of the molecule is CC1CC=Cc2c1n(-c1ccccc1)c1cc(C3=Nc4sc5cc(C6=C/C=C\CCC=C6)ccc5c4C(n4c5cc6ccccc6cc5c5c6ccccc6ccc54)N3C)ccc21. The zero-order chi connectivity index (χ0) is 41.8. The van der Waals surface area contributed by atoms with Gasteiger partial charge in [0.2, 0.25) is 0 Å². The number of aliphatic imine (C=N–C) groups is 1. The number of benzene rings is 7. The van der Waals surface area contributed by atoms with Gasteiger partial charge in [0.25, 0.3) is 0 Å². The molecule has 0 bridgehead atoms. The van der Waals surface area contributed by atoms with Gasteiger partial charge >= 0.3 is 0 Å². The highest BCUT2D eigenvalue weighted by molar-refractivity contribution is 7.23. The van der Waals surface area contributed by atoms with Crippen LogP contribution in [0, 0.1) is 0 Å². The van der Waals surface area contributed by atoms with E-state index in [2.05, 4.69) is 210 Å². The van der Waals surface area contributed by atoms with Crippen LogP contribution in [0.2, 0.25) is 0 Å². The molecule has 2 atom stereocenters. The molecule has 0 amide bonds. The number of aromatic nitrogens is 2. The number of fused-ring (bicyclic) bond motifs is 12. The van der Waals surface area contributed by atoms with Crippen LogP contribution in [0.3, 0.4) is 0 Å². The van der Waals surface area contributed by atoms with Crippen LogP contribution in [0.1, 0.15) is 66.2 Å². The Hall–Kier alpha value is -7.21. The summed E-state index contributed by atoms with van der Waals surface area (Å²) in [7, 11) is 2.26. The van der Waals surface area contributed by atoms with Gasteiger partial charge in [-0.3, -0.25) is 0 Å². The number of thiophene rings is 1. The van der Waals surface area contributed by atoms with E-state index in [-0.39, 0.29) is 6.17 Å². The minimum absolute atomic E-state index is 0.189. The lowest BCUT2D eigenvalue weighted by molar-refractivity contribution is 0.340. The zero-order valence-corrected chi connectivity index (χ0v) is 36.1. The van der Waals surface area contributed by atoms with Gasteiger partial charge < -0.3 is 14.0 Å². The fourth-order valence-corrected chi connectivity index (χ4v) is 12.0. The van der Waals surface area contributed by atoms with Crippen LogP contribution in [-0.2, 0) is 0 Å². The van der Waals surface area contributed by atoms with Gasteiger partial charge in [0.1, 0.15) is 17.0 Å². The van der Waals surface area contributed by atoms with Crippen LogP contribution in [0.4, 0.5) is 5.00 Å². The monoisotopic (exact) mass is 828 g/mol. The second-order valence-corrected chi connectivity index (χ2v) is 18.5. The number of para-hydroxylation sites is 1. The standard InChI is InChI=1S/C58H44N4S/c1-36-16-15-25-46-45-29-27-42(34-50(45)61(55(36)46)43-22-9-6-10-23-43)56-59-57-54(47-30-26-41(35-52(47)63-57)37-17-7-4-3-5-8-18-37)58(60(56)2)62-49-31-28-38-19-13-14-24-44(38)53(49)48-32-39-20-11-12-21-40(39)33-51(48)62/h4,6-15,17-36,58H,3,5,16H2,1-2H3/b7-4-,18-8?,37-17?. The molecular formula is C58H44N4S. The van der Waals surface area contributed by atoms with Gasteiger partial charge in [-0.15, -0.1) is 11.3 Å². The van der Waals surface area contributed by atoms with E-state index in [0.717, 1.165) is 35.7 Å². The number of nitrogens with zero attached hydrogens (tertiary/aromatic N) is 4. The lowest BCUT2D eigenvalue weighted by Gasteiger charge is -2.36. The highest BCUT2D eigenvalue weighted by Gasteiger charge is 2.36. The second kappa shape index (κ2) is 14.2. The fraction of sp³-hybridized carbons (Fsp3) is 0.121. The predicted molar refractivity (Wildman–Crippen MR) is 269 cm³/mol. The highest BCUT2D eigenvalue weighted by atomic mass is 32.1. The van der Waals surface area contributed by atoms with Gasteiger partial charge in [0.05, 0.1) is 16.6 Å². The van der Waals surface area contributed by atoms with E-state index in [9.17, 15) is 0 Å². The lowest BCUT2D eigenvalue weighted by Crippen LogP contribution is -2.37. The second-order valence-electron chi connectivity index (χ2n) is 17.5. The lowest BCUT2D eigenvalue weighted by atomic mass is 9.93. The van der Waals surface area contributed by atoms with Crippen LogP contribution in [0.25, 0.3) is 81.7 Å². The van der Waals surface area contributed by atoms with E-state index in [4.69, 9.17) is 4.99 Å². The van der Waals surface area contributed by atoms with Crippen LogP contribution in [0.15, 0.2) is 181 Å². The molecule has 0 spiro atoms. The van der Waals surface area contributed by atoms with E-state index in [1.165, 1.54) is 98.0 Å². The number of rotatable bonds is 4. The van der Waals surface area contributed by atoms with Crippen LogP contribution >= 0.6 is 11.3 Å². The molecule has 1 aliphatic heterocycles. The molecule has 4 nitrogen and oxygen atoms in total. The third kappa shape index (κ3) is 5.56. The van der Waals surface area contributed by atoms with Crippen LogP contribution in [0.5, 0.6) is 0 Å². The highest BCUT2D eigenvalue weighted by Crippen LogP contribution is 2.51. The summed E-state index contributed by atoms with van der Waals surface area (Å²) in [6.07, 6.45) is 19.0. The molecule has 2 aliphatic carbocycles. The molecule has 0 N–H and O–H groups in total. The molecule has 0 fully saturated rings. The first-order valence-corrected chi connectivity index (χ1v) is 23.1. The van der Waals surface area contributed by atoms with Crippen molar-refractivity contribution in [1.29, 1.82) is 0 Å². The van der Waals surface area contributed by atoms with Crippen molar-refractivity contribution in [3.05, 3.63) is 204 Å². The maximum absolute atomic E-state index is 5.71. The summed E-state index contributed by atoms with van der Waals surface area (Å²) in [5, 5.41) is 11.2. The summed E-state index contributed by atoms with van der Waals surface area (Å²) in [5.41, 5.74) is 12.4. The molecule has 4 heterocycles. The minimum Gasteiger partial charge on any atom is -0.334 e. The summed E-state index contributed by atoms with van der Waals surface area (Å²) in [6.45, 7) is 2.36. The molecule has 10 aromatic rings. The third-order valence-electron chi connectivity index (χ3n) is 13.8. The van der Waals surface area contributed by atoms with Crippen molar-refractivity contribution >= 4 is 98.2 Å². The topological polar surface area (TPSA) is 25.5 Å². The Bertz CT molecular complexity index is 3700. The largest absolute Gasteiger partial charge is 0.334 e. The van der Waals surface area contributed by atoms with E-state index in [0.29, 0.717) is 5.92 Å². The van der Waals surface area contributed by atoms with Gasteiger partial charge in [-0.2, -0.15) is 0 Å². The Morgan fingerprint density at radius 3 is 2.29 bits per heavy atom. The van der Waals surface area contributed by atoms with Crippen molar-refractivity contribution in [2.24, 2.45) is 4.99 Å². The first kappa shape index (κ1) is 36.4. The first-order chi connectivity index (χ1) is 31.1. The van der Waals surface area contributed by atoms with E-state index >= 15 is 0 Å². The molecule has 0 radical (unpaired) electrons. The molecule has 3 aromatic heterocycles. The Morgan fingerprint density at radius 2 is 1.40 bits per heavy atom. The smallest absolute Gasteiger partial charge is 0.139 e. The molecule has 3 aliphatic rings. The average molecular weight is 829 g/mol. The summed E-state index contributed by atoms with van der Waals surface area (Å²) < 4.78 is 6.38. The number of hydrogen-bond donors (Lipinski definition) is 0. The number of allylic oxidation sites excluding steroid dienone is 7. The molecule has 0 saturated heterocycles. The van der Waals surface area contributed by atoms with Gasteiger partial charge in [-0.1, -0.05) is 147 Å². The van der Waals surface area contributed by atoms with Crippen LogP contribution in [-0.4, -0.2) is 26.9 Å². The van der Waals surface area contributed by atoms with E-state index in [1.807, 2.05) is 11.3 Å². The maximum Gasteiger partial charge on any atom is 0.139 e. The Kier molecular flexibility index (Phi) is 8.19. The van der Waals surface area contributed by atoms with Gasteiger partial charge in [-0.25, -0.2) is 4.99 Å². The van der Waals surface area contributed by atoms with Crippen LogP contribution < -0.4 is 0 Å². The molecule has 302 valence electrons. The summed E-state index contributed by atoms with van der Waals surface area (Å²) in [6, 6.07) is 52.2. The van der Waals surface area contributed by atoms with Gasteiger partial charge in [-0.05, 0) is 94.4 Å². The Balaban J connectivity index is 1.10. The molecule has 0 saturated carbocycles. The Morgan fingerprint density at radius 1 is 0.619 bits per heavy atom. The third-order valence-corrected chi connectivity index (χ3v) is 14.8. The molecule has 63 heavy (non-hydrogen) atoms. The quantitative estimate of drug-likeness (QED) is 0.173. The van der Waals surface area contributed by atoms with Crippen molar-refractivity contribution in [1.82, 2.24) is 14.0 Å². The predicted octanol–water partition coefficient (Wildman–Crippen LogP) is 15.6. The van der Waals surface area contributed by atoms with Crippen molar-refractivity contribution < 1.29 is 0 Å². The fourth-order valence-electron chi connectivity index (χ4n) is 10.8. The number of hydrogen-bond acceptors (Lipinski definition) is 3. The minimum atomic E-state index is -0.189. The van der Waals surface area contributed by atoms with Crippen molar-refractivity contribution in [2.75, 3.05) is 7.05 Å². The van der Waals surface area contributed by atoms with E-state index in [1.54, 1.807) is 0 Å². The summed E-state index contributed by atoms with van der Waals surface area (Å²) >= 11 is 1.82. The average Bonchev–Trinajstić information content (AvgIpc) is 3.95. The number of amidine groups is 1. The van der Waals surface area contributed by atoms with Crippen molar-refractivity contribution in [3.63, 3.8) is 0 Å². The van der Waals surface area contributed by atoms with Crippen molar-refractivity contribution in [3.8, 4) is 5.69 Å². The van der Waals surface area contributed by atoms with Gasteiger partial charge in [0, 0.05) is 67.3 Å². The summed E-state index contributed by atoms with van der Waals surface area (Å²) in [4.78, 5) is 8.17. The molecule has 2 unspecified atom stereocenters. The molecule has 5 heteroatoms. The normalized spacial score (nSPS) is 18.0. The van der Waals surface area contributed by atoms with Crippen molar-refractivity contribution in [2.45, 2.75) is 38.3 Å².